The standard InChI is InChI=1S/C7H16O3S/c1-5-7(3,6-2)11(8,9)10-4/h5-6H2,1-4H3. The normalized spacial score (nSPS) is 13.5. The fourth-order valence-electron chi connectivity index (χ4n) is 0.805. The Bertz CT molecular complexity index is 202. The minimum absolute atomic E-state index is 0.583. The van der Waals surface area contributed by atoms with E-state index < -0.39 is 14.9 Å². The van der Waals surface area contributed by atoms with Gasteiger partial charge in [0.05, 0.1) is 11.9 Å². The zero-order valence-corrected chi connectivity index (χ0v) is 8.36. The largest absolute Gasteiger partial charge is 0.273 e. The summed E-state index contributed by atoms with van der Waals surface area (Å²) in [6.45, 7) is 5.39. The van der Waals surface area contributed by atoms with Crippen molar-refractivity contribution in [3.8, 4) is 0 Å². The van der Waals surface area contributed by atoms with Gasteiger partial charge in [0.25, 0.3) is 10.1 Å². The van der Waals surface area contributed by atoms with Crippen molar-refractivity contribution in [2.24, 2.45) is 0 Å². The highest BCUT2D eigenvalue weighted by Crippen LogP contribution is 2.25. The Morgan fingerprint density at radius 2 is 1.64 bits per heavy atom. The SMILES string of the molecule is CCC(C)(CC)S(=O)(=O)OC. The van der Waals surface area contributed by atoms with Crippen LogP contribution in [0.25, 0.3) is 0 Å². The van der Waals surface area contributed by atoms with Crippen molar-refractivity contribution in [3.05, 3.63) is 0 Å². The van der Waals surface area contributed by atoms with Crippen LogP contribution in [0.3, 0.4) is 0 Å². The number of rotatable bonds is 4. The molecule has 0 rings (SSSR count). The van der Waals surface area contributed by atoms with Gasteiger partial charge in [0.2, 0.25) is 0 Å². The predicted molar refractivity (Wildman–Crippen MR) is 44.9 cm³/mol. The van der Waals surface area contributed by atoms with E-state index in [1.807, 2.05) is 13.8 Å². The topological polar surface area (TPSA) is 43.4 Å². The molecule has 68 valence electrons. The van der Waals surface area contributed by atoms with Gasteiger partial charge in [-0.15, -0.1) is 0 Å². The molecule has 0 aromatic carbocycles. The molecular formula is C7H16O3S. The Hall–Kier alpha value is -0.0900. The fraction of sp³-hybridized carbons (Fsp3) is 1.00. The quantitative estimate of drug-likeness (QED) is 0.616. The molecule has 0 fully saturated rings. The summed E-state index contributed by atoms with van der Waals surface area (Å²) in [5.41, 5.74) is 0. The maximum Gasteiger partial charge on any atom is 0.272 e. The smallest absolute Gasteiger partial charge is 0.272 e. The lowest BCUT2D eigenvalue weighted by molar-refractivity contribution is 0.359. The third kappa shape index (κ3) is 1.93. The first-order valence-electron chi connectivity index (χ1n) is 3.73. The average Bonchev–Trinajstić information content (AvgIpc) is 2.02. The molecule has 0 heterocycles. The molecular weight excluding hydrogens is 164 g/mol. The molecule has 0 aliphatic heterocycles. The van der Waals surface area contributed by atoms with Crippen molar-refractivity contribution in [1.29, 1.82) is 0 Å². The Morgan fingerprint density at radius 3 is 1.73 bits per heavy atom. The van der Waals surface area contributed by atoms with E-state index in [4.69, 9.17) is 0 Å². The molecule has 11 heavy (non-hydrogen) atoms. The van der Waals surface area contributed by atoms with Crippen LogP contribution in [0.4, 0.5) is 0 Å². The van der Waals surface area contributed by atoms with Gasteiger partial charge in [0.1, 0.15) is 0 Å². The van der Waals surface area contributed by atoms with Gasteiger partial charge in [0.15, 0.2) is 0 Å². The molecule has 0 saturated heterocycles. The fourth-order valence-corrected chi connectivity index (χ4v) is 1.91. The Labute approximate surface area is 68.9 Å². The summed E-state index contributed by atoms with van der Waals surface area (Å²) < 4.78 is 26.3. The second kappa shape index (κ2) is 3.54. The highest BCUT2D eigenvalue weighted by atomic mass is 32.2. The van der Waals surface area contributed by atoms with Gasteiger partial charge in [-0.2, -0.15) is 8.42 Å². The Balaban J connectivity index is 4.78. The van der Waals surface area contributed by atoms with E-state index in [1.54, 1.807) is 6.92 Å². The van der Waals surface area contributed by atoms with E-state index in [2.05, 4.69) is 4.18 Å². The molecule has 0 radical (unpaired) electrons. The van der Waals surface area contributed by atoms with E-state index in [0.717, 1.165) is 0 Å². The van der Waals surface area contributed by atoms with Gasteiger partial charge in [-0.3, -0.25) is 4.18 Å². The lowest BCUT2D eigenvalue weighted by Crippen LogP contribution is -2.34. The molecule has 3 nitrogen and oxygen atoms in total. The van der Waals surface area contributed by atoms with Crippen LogP contribution in [0.15, 0.2) is 0 Å². The maximum absolute atomic E-state index is 11.3. The van der Waals surface area contributed by atoms with Crippen LogP contribution in [-0.4, -0.2) is 20.3 Å². The first kappa shape index (κ1) is 10.9. The van der Waals surface area contributed by atoms with Gasteiger partial charge in [-0.1, -0.05) is 13.8 Å². The molecule has 0 N–H and O–H groups in total. The summed E-state index contributed by atoms with van der Waals surface area (Å²) in [6, 6.07) is 0. The van der Waals surface area contributed by atoms with Crippen molar-refractivity contribution in [2.45, 2.75) is 38.4 Å². The zero-order chi connectivity index (χ0) is 9.12. The summed E-state index contributed by atoms with van der Waals surface area (Å²) in [5.74, 6) is 0. The van der Waals surface area contributed by atoms with E-state index in [0.29, 0.717) is 12.8 Å². The lowest BCUT2D eigenvalue weighted by atomic mass is 10.1. The van der Waals surface area contributed by atoms with Gasteiger partial charge in [-0.05, 0) is 19.8 Å². The van der Waals surface area contributed by atoms with E-state index in [9.17, 15) is 8.42 Å². The van der Waals surface area contributed by atoms with Crippen molar-refractivity contribution in [3.63, 3.8) is 0 Å². The summed E-state index contributed by atoms with van der Waals surface area (Å²) in [5, 5.41) is 0. The molecule has 0 aromatic rings. The van der Waals surface area contributed by atoms with Crippen molar-refractivity contribution in [2.75, 3.05) is 7.11 Å². The minimum Gasteiger partial charge on any atom is -0.273 e. The van der Waals surface area contributed by atoms with Crippen LogP contribution in [0.1, 0.15) is 33.6 Å². The van der Waals surface area contributed by atoms with E-state index in [-0.39, 0.29) is 0 Å². The summed E-state index contributed by atoms with van der Waals surface area (Å²) in [7, 11) is -2.15. The molecule has 4 heteroatoms. The summed E-state index contributed by atoms with van der Waals surface area (Å²) in [4.78, 5) is 0. The molecule has 0 aliphatic rings. The lowest BCUT2D eigenvalue weighted by Gasteiger charge is -2.24. The second-order valence-corrected chi connectivity index (χ2v) is 5.00. The predicted octanol–water partition coefficient (Wildman–Crippen LogP) is 1.54. The minimum atomic E-state index is -3.36. The highest BCUT2D eigenvalue weighted by molar-refractivity contribution is 7.88. The molecule has 0 unspecified atom stereocenters. The monoisotopic (exact) mass is 180 g/mol. The highest BCUT2D eigenvalue weighted by Gasteiger charge is 2.35. The number of hydrogen-bond donors (Lipinski definition) is 0. The first-order valence-corrected chi connectivity index (χ1v) is 5.14. The van der Waals surface area contributed by atoms with Crippen LogP contribution < -0.4 is 0 Å². The average molecular weight is 180 g/mol. The van der Waals surface area contributed by atoms with Crippen molar-refractivity contribution >= 4 is 10.1 Å². The van der Waals surface area contributed by atoms with Crippen molar-refractivity contribution < 1.29 is 12.6 Å². The van der Waals surface area contributed by atoms with Crippen LogP contribution in [0.5, 0.6) is 0 Å². The summed E-state index contributed by atoms with van der Waals surface area (Å²) in [6.07, 6.45) is 1.17. The van der Waals surface area contributed by atoms with Gasteiger partial charge < -0.3 is 0 Å². The molecule has 0 saturated carbocycles. The van der Waals surface area contributed by atoms with Gasteiger partial charge in [-0.25, -0.2) is 0 Å². The van der Waals surface area contributed by atoms with Crippen LogP contribution in [-0.2, 0) is 14.3 Å². The molecule has 0 aliphatic carbocycles. The van der Waals surface area contributed by atoms with E-state index >= 15 is 0 Å². The zero-order valence-electron chi connectivity index (χ0n) is 7.55. The summed E-state index contributed by atoms with van der Waals surface area (Å²) >= 11 is 0. The molecule has 0 amide bonds. The van der Waals surface area contributed by atoms with Crippen LogP contribution >= 0.6 is 0 Å². The molecule has 0 bridgehead atoms. The number of hydrogen-bond acceptors (Lipinski definition) is 3. The molecule has 0 aromatic heterocycles. The third-order valence-corrected chi connectivity index (χ3v) is 4.54. The van der Waals surface area contributed by atoms with Gasteiger partial charge >= 0.3 is 0 Å². The molecule has 0 atom stereocenters. The molecule has 0 spiro atoms. The van der Waals surface area contributed by atoms with Crippen LogP contribution in [0.2, 0.25) is 0 Å². The maximum atomic E-state index is 11.3. The van der Waals surface area contributed by atoms with Gasteiger partial charge in [0, 0.05) is 0 Å². The third-order valence-electron chi connectivity index (χ3n) is 2.32. The van der Waals surface area contributed by atoms with E-state index in [1.165, 1.54) is 7.11 Å². The van der Waals surface area contributed by atoms with Crippen LogP contribution in [0, 0.1) is 0 Å². The first-order chi connectivity index (χ1) is 4.93. The Morgan fingerprint density at radius 1 is 1.27 bits per heavy atom. The second-order valence-electron chi connectivity index (χ2n) is 2.78. The Kier molecular flexibility index (Phi) is 3.51. The van der Waals surface area contributed by atoms with Crippen molar-refractivity contribution in [1.82, 2.24) is 0 Å².